The number of ether oxygens (including phenoxy) is 2. The minimum Gasteiger partial charge on any atom is -0.467 e. The molecule has 1 unspecified atom stereocenters. The minimum absolute atomic E-state index is 0.0115. The molecule has 2 N–H and O–H groups in total. The lowest BCUT2D eigenvalue weighted by molar-refractivity contribution is -0.202. The third-order valence-corrected chi connectivity index (χ3v) is 11.5. The molecule has 1 saturated heterocycles. The van der Waals surface area contributed by atoms with Crippen LogP contribution in [0.5, 0.6) is 0 Å². The van der Waals surface area contributed by atoms with Gasteiger partial charge in [-0.25, -0.2) is 4.79 Å². The standard InChI is InChI=1S/C33H33N3O5S2/c1-5-42-15-17-7-9-22-19(11-17)26-27-21(14-34-30(27)37)25-20-12-18(16-43-6-2)8-10-23(20)36-29(25)28(26)35(22)24-13-33(39,31(38)40-4)32(36,3)41-24/h7-12,24,39H,5-6,13-16H2,1-4H3,(H,34,37)/t24?,32-,33-/m0/s1. The zero-order valence-electron chi connectivity index (χ0n) is 24.6. The highest BCUT2D eigenvalue weighted by molar-refractivity contribution is 7.98. The molecule has 3 aromatic carbocycles. The van der Waals surface area contributed by atoms with Crippen molar-refractivity contribution >= 4 is 79.0 Å². The summed E-state index contributed by atoms with van der Waals surface area (Å²) >= 11 is 3.71. The summed E-state index contributed by atoms with van der Waals surface area (Å²) in [6.45, 7) is 6.50. The lowest BCUT2D eigenvalue weighted by Gasteiger charge is -2.37. The van der Waals surface area contributed by atoms with Crippen molar-refractivity contribution < 1.29 is 24.2 Å². The third-order valence-electron chi connectivity index (χ3n) is 9.62. The van der Waals surface area contributed by atoms with Crippen molar-refractivity contribution in [2.24, 2.45) is 0 Å². The molecule has 2 bridgehead atoms. The number of fused-ring (bicyclic) bond motifs is 13. The monoisotopic (exact) mass is 615 g/mol. The normalized spacial score (nSPS) is 24.0. The van der Waals surface area contributed by atoms with E-state index in [-0.39, 0.29) is 12.3 Å². The van der Waals surface area contributed by atoms with Gasteiger partial charge in [-0.05, 0) is 59.4 Å². The van der Waals surface area contributed by atoms with Gasteiger partial charge in [-0.3, -0.25) is 4.79 Å². The van der Waals surface area contributed by atoms with E-state index < -0.39 is 23.5 Å². The summed E-state index contributed by atoms with van der Waals surface area (Å²) in [5.74, 6) is 2.95. The number of aliphatic hydroxyl groups is 1. The van der Waals surface area contributed by atoms with E-state index in [1.807, 2.05) is 28.1 Å². The first-order valence-corrected chi connectivity index (χ1v) is 17.1. The molecule has 3 aliphatic rings. The minimum atomic E-state index is -1.95. The van der Waals surface area contributed by atoms with Crippen molar-refractivity contribution in [3.05, 3.63) is 58.7 Å². The second kappa shape index (κ2) is 9.41. The van der Waals surface area contributed by atoms with Gasteiger partial charge in [-0.1, -0.05) is 26.0 Å². The van der Waals surface area contributed by atoms with E-state index in [1.165, 1.54) is 18.2 Å². The number of aromatic nitrogens is 2. The van der Waals surface area contributed by atoms with Crippen LogP contribution in [0.3, 0.4) is 0 Å². The first-order chi connectivity index (χ1) is 20.8. The van der Waals surface area contributed by atoms with Gasteiger partial charge in [0.05, 0.1) is 34.7 Å². The van der Waals surface area contributed by atoms with Crippen LogP contribution >= 0.6 is 23.5 Å². The Balaban J connectivity index is 1.60. The van der Waals surface area contributed by atoms with Gasteiger partial charge in [0.2, 0.25) is 5.60 Å². The van der Waals surface area contributed by atoms with Crippen molar-refractivity contribution in [3.8, 4) is 0 Å². The second-order valence-electron chi connectivity index (χ2n) is 11.8. The number of nitrogens with one attached hydrogen (secondary N) is 1. The molecule has 5 aromatic rings. The van der Waals surface area contributed by atoms with Gasteiger partial charge >= 0.3 is 5.97 Å². The molecular weight excluding hydrogens is 583 g/mol. The Morgan fingerprint density at radius 2 is 1.70 bits per heavy atom. The fourth-order valence-corrected chi connectivity index (χ4v) is 8.95. The number of esters is 1. The Hall–Kier alpha value is -3.18. The summed E-state index contributed by atoms with van der Waals surface area (Å²) in [5, 5.41) is 19.2. The van der Waals surface area contributed by atoms with Gasteiger partial charge in [0, 0.05) is 46.0 Å². The fourth-order valence-electron chi connectivity index (χ4n) is 7.71. The van der Waals surface area contributed by atoms with Crippen LogP contribution in [0.4, 0.5) is 0 Å². The molecule has 222 valence electrons. The van der Waals surface area contributed by atoms with E-state index in [0.29, 0.717) is 12.1 Å². The first-order valence-electron chi connectivity index (χ1n) is 14.8. The summed E-state index contributed by atoms with van der Waals surface area (Å²) in [4.78, 5) is 27.1. The summed E-state index contributed by atoms with van der Waals surface area (Å²) < 4.78 is 16.2. The molecule has 1 fully saturated rings. The van der Waals surface area contributed by atoms with Crippen molar-refractivity contribution in [1.29, 1.82) is 0 Å². The average Bonchev–Trinajstić information content (AvgIpc) is 3.70. The van der Waals surface area contributed by atoms with Gasteiger partial charge in [0.1, 0.15) is 6.23 Å². The van der Waals surface area contributed by atoms with E-state index in [1.54, 1.807) is 6.92 Å². The molecule has 3 aliphatic heterocycles. The molecule has 8 nitrogen and oxygen atoms in total. The Morgan fingerprint density at radius 1 is 1.05 bits per heavy atom. The van der Waals surface area contributed by atoms with Crippen LogP contribution in [0.25, 0.3) is 43.6 Å². The SMILES string of the molecule is CCSCc1ccc2c(c1)c1c3c(c4c5cc(CSCC)ccc5n5c4c1n2C1C[C@](O)(C(=O)OC)[C@]5(C)O1)CNC3=O. The maximum atomic E-state index is 13.7. The molecule has 5 heterocycles. The van der Waals surface area contributed by atoms with E-state index >= 15 is 0 Å². The van der Waals surface area contributed by atoms with Crippen molar-refractivity contribution in [1.82, 2.24) is 14.5 Å². The summed E-state index contributed by atoms with van der Waals surface area (Å²) in [6.07, 6.45) is -0.650. The molecule has 0 saturated carbocycles. The molecule has 8 rings (SSSR count). The first kappa shape index (κ1) is 27.4. The number of thioether (sulfide) groups is 2. The third kappa shape index (κ3) is 3.38. The maximum absolute atomic E-state index is 13.7. The number of rotatable bonds is 7. The lowest BCUT2D eigenvalue weighted by atomic mass is 9.88. The van der Waals surface area contributed by atoms with Crippen molar-refractivity contribution in [2.45, 2.75) is 62.8 Å². The van der Waals surface area contributed by atoms with Gasteiger partial charge in [-0.15, -0.1) is 0 Å². The van der Waals surface area contributed by atoms with Gasteiger partial charge in [-0.2, -0.15) is 23.5 Å². The largest absolute Gasteiger partial charge is 0.467 e. The van der Waals surface area contributed by atoms with Crippen LogP contribution < -0.4 is 5.32 Å². The van der Waals surface area contributed by atoms with Gasteiger partial charge in [0.25, 0.3) is 5.91 Å². The summed E-state index contributed by atoms with van der Waals surface area (Å²) in [5.41, 5.74) is 4.14. The van der Waals surface area contributed by atoms with Crippen molar-refractivity contribution in [2.75, 3.05) is 18.6 Å². The van der Waals surface area contributed by atoms with Crippen LogP contribution in [0.2, 0.25) is 0 Å². The lowest BCUT2D eigenvalue weighted by Crippen LogP contribution is -2.56. The average molecular weight is 616 g/mol. The molecule has 0 radical (unpaired) electrons. The van der Waals surface area contributed by atoms with E-state index in [2.05, 4.69) is 60.1 Å². The summed E-state index contributed by atoms with van der Waals surface area (Å²) in [6, 6.07) is 12.8. The molecule has 10 heteroatoms. The number of methoxy groups -OCH3 is 1. The molecule has 0 aliphatic carbocycles. The van der Waals surface area contributed by atoms with Crippen LogP contribution in [-0.2, 0) is 38.0 Å². The van der Waals surface area contributed by atoms with Crippen LogP contribution in [0.1, 0.15) is 60.5 Å². The predicted molar refractivity (Wildman–Crippen MR) is 173 cm³/mol. The number of benzene rings is 3. The molecule has 1 amide bonds. The smallest absolute Gasteiger partial charge is 0.343 e. The van der Waals surface area contributed by atoms with Gasteiger partial charge < -0.3 is 29.0 Å². The Bertz CT molecular complexity index is 2050. The van der Waals surface area contributed by atoms with Gasteiger partial charge in [0.15, 0.2) is 5.72 Å². The highest BCUT2D eigenvalue weighted by Crippen LogP contribution is 2.58. The zero-order chi connectivity index (χ0) is 29.8. The second-order valence-corrected chi connectivity index (χ2v) is 14.3. The number of hydrogen-bond acceptors (Lipinski definition) is 7. The highest BCUT2D eigenvalue weighted by Gasteiger charge is 2.65. The summed E-state index contributed by atoms with van der Waals surface area (Å²) in [7, 11) is 1.30. The predicted octanol–water partition coefficient (Wildman–Crippen LogP) is 6.16. The quantitative estimate of drug-likeness (QED) is 0.212. The molecule has 0 spiro atoms. The molecular formula is C33H33N3O5S2. The van der Waals surface area contributed by atoms with Crippen LogP contribution in [0.15, 0.2) is 36.4 Å². The maximum Gasteiger partial charge on any atom is 0.343 e. The molecule has 3 atom stereocenters. The van der Waals surface area contributed by atoms with Crippen molar-refractivity contribution in [3.63, 3.8) is 0 Å². The van der Waals surface area contributed by atoms with Crippen LogP contribution in [-0.4, -0.2) is 50.3 Å². The Labute approximate surface area is 257 Å². The van der Waals surface area contributed by atoms with E-state index in [9.17, 15) is 14.7 Å². The number of amides is 1. The Morgan fingerprint density at radius 3 is 2.35 bits per heavy atom. The number of hydrogen-bond donors (Lipinski definition) is 2. The fraction of sp³-hybridized carbons (Fsp3) is 0.394. The zero-order valence-corrected chi connectivity index (χ0v) is 26.2. The van der Waals surface area contributed by atoms with Crippen LogP contribution in [0, 0.1) is 0 Å². The number of carbonyl (C=O) groups is 2. The van der Waals surface area contributed by atoms with E-state index in [4.69, 9.17) is 9.47 Å². The highest BCUT2D eigenvalue weighted by atomic mass is 32.2. The Kier molecular flexibility index (Phi) is 5.99. The number of carbonyl (C=O) groups excluding carboxylic acids is 2. The topological polar surface area (TPSA) is 94.7 Å². The molecule has 43 heavy (non-hydrogen) atoms. The number of nitrogens with zero attached hydrogens (tertiary/aromatic N) is 2. The van der Waals surface area contributed by atoms with E-state index in [0.717, 1.165) is 72.2 Å². The molecule has 2 aromatic heterocycles.